The molecule has 0 aromatic heterocycles. The molecule has 2 unspecified atom stereocenters. The van der Waals surface area contributed by atoms with Crippen LogP contribution in [0.25, 0.3) is 0 Å². The Balaban J connectivity index is 1.95. The predicted octanol–water partition coefficient (Wildman–Crippen LogP) is 3.26. The van der Waals surface area contributed by atoms with E-state index in [1.54, 1.807) is 0 Å². The quantitative estimate of drug-likeness (QED) is 0.627. The molecule has 14 heavy (non-hydrogen) atoms. The Bertz CT molecular complexity index is 313. The maximum Gasteiger partial charge on any atom is 0.138 e. The van der Waals surface area contributed by atoms with Gasteiger partial charge in [0.1, 0.15) is 11.1 Å². The minimum absolute atomic E-state index is 0.0673. The summed E-state index contributed by atoms with van der Waals surface area (Å²) in [5.41, 5.74) is 1.10. The fourth-order valence-corrected chi connectivity index (χ4v) is 2.46. The van der Waals surface area contributed by atoms with Gasteiger partial charge in [0.05, 0.1) is 13.2 Å². The lowest BCUT2D eigenvalue weighted by atomic mass is 10.2. The van der Waals surface area contributed by atoms with E-state index in [1.807, 2.05) is 24.3 Å². The third-order valence-electron chi connectivity index (χ3n) is 1.98. The van der Waals surface area contributed by atoms with Gasteiger partial charge in [0, 0.05) is 10.0 Å². The molecule has 1 heterocycles. The van der Waals surface area contributed by atoms with E-state index in [2.05, 4.69) is 31.9 Å². The number of rotatable bonds is 4. The Morgan fingerprint density at radius 3 is 2.86 bits per heavy atom. The third-order valence-corrected chi connectivity index (χ3v) is 3.46. The number of hydrogen-bond donors (Lipinski definition) is 0. The van der Waals surface area contributed by atoms with E-state index in [0.29, 0.717) is 12.7 Å². The highest BCUT2D eigenvalue weighted by Crippen LogP contribution is 2.31. The lowest BCUT2D eigenvalue weighted by molar-refractivity contribution is 0.101. The Morgan fingerprint density at radius 2 is 2.21 bits per heavy atom. The molecule has 2 atom stereocenters. The van der Waals surface area contributed by atoms with E-state index in [4.69, 9.17) is 9.47 Å². The molecule has 0 aliphatic carbocycles. The van der Waals surface area contributed by atoms with E-state index in [0.717, 1.165) is 16.6 Å². The summed E-state index contributed by atoms with van der Waals surface area (Å²) in [7, 11) is 0. The van der Waals surface area contributed by atoms with Crippen LogP contribution in [0.15, 0.2) is 28.7 Å². The number of hydrogen-bond acceptors (Lipinski definition) is 2. The first-order valence-electron chi connectivity index (χ1n) is 4.39. The largest absolute Gasteiger partial charge is 0.371 e. The van der Waals surface area contributed by atoms with Crippen molar-refractivity contribution in [2.24, 2.45) is 0 Å². The van der Waals surface area contributed by atoms with Crippen molar-refractivity contribution < 1.29 is 9.47 Å². The molecular formula is C10H10Br2O2. The summed E-state index contributed by atoms with van der Waals surface area (Å²) in [5, 5.41) is -0.0673. The molecule has 2 rings (SSSR count). The van der Waals surface area contributed by atoms with Crippen LogP contribution in [0.5, 0.6) is 0 Å². The predicted molar refractivity (Wildman–Crippen MR) is 61.5 cm³/mol. The topological polar surface area (TPSA) is 21.8 Å². The van der Waals surface area contributed by atoms with Crippen LogP contribution in [-0.4, -0.2) is 19.3 Å². The first kappa shape index (κ1) is 10.6. The van der Waals surface area contributed by atoms with Crippen molar-refractivity contribution in [3.05, 3.63) is 34.3 Å². The summed E-state index contributed by atoms with van der Waals surface area (Å²) in [6.45, 7) is 1.48. The Kier molecular flexibility index (Phi) is 3.60. The molecule has 4 heteroatoms. The molecule has 1 aromatic rings. The highest BCUT2D eigenvalue weighted by molar-refractivity contribution is 9.11. The van der Waals surface area contributed by atoms with Crippen LogP contribution in [-0.2, 0) is 9.47 Å². The number of ether oxygens (including phenoxy) is 2. The molecular weight excluding hydrogens is 312 g/mol. The Labute approximate surface area is 99.8 Å². The van der Waals surface area contributed by atoms with Gasteiger partial charge >= 0.3 is 0 Å². The summed E-state index contributed by atoms with van der Waals surface area (Å²) >= 11 is 6.96. The zero-order valence-electron chi connectivity index (χ0n) is 7.45. The zero-order chi connectivity index (χ0) is 9.97. The molecule has 0 radical (unpaired) electrons. The van der Waals surface area contributed by atoms with E-state index in [9.17, 15) is 0 Å². The molecule has 2 nitrogen and oxygen atoms in total. The number of halogens is 2. The second-order valence-corrected chi connectivity index (χ2v) is 4.81. The number of benzene rings is 1. The average molecular weight is 322 g/mol. The standard InChI is InChI=1S/C10H10Br2O2/c11-9-4-2-1-3-8(9)10(12)14-6-7-5-13-7/h1-4,7,10H,5-6H2. The van der Waals surface area contributed by atoms with Crippen molar-refractivity contribution >= 4 is 31.9 Å². The van der Waals surface area contributed by atoms with Gasteiger partial charge in [-0.3, -0.25) is 0 Å². The van der Waals surface area contributed by atoms with Crippen LogP contribution in [0.4, 0.5) is 0 Å². The highest BCUT2D eigenvalue weighted by Gasteiger charge is 2.24. The summed E-state index contributed by atoms with van der Waals surface area (Å²) < 4.78 is 11.7. The monoisotopic (exact) mass is 320 g/mol. The fraction of sp³-hybridized carbons (Fsp3) is 0.400. The molecule has 1 aliphatic rings. The van der Waals surface area contributed by atoms with Crippen LogP contribution in [0.3, 0.4) is 0 Å². The van der Waals surface area contributed by atoms with Crippen molar-refractivity contribution in [3.8, 4) is 0 Å². The maximum absolute atomic E-state index is 5.59. The normalized spacial score (nSPS) is 22.0. The number of epoxide rings is 1. The first-order chi connectivity index (χ1) is 6.77. The van der Waals surface area contributed by atoms with Gasteiger partial charge in [0.25, 0.3) is 0 Å². The summed E-state index contributed by atoms with van der Waals surface area (Å²) in [6, 6.07) is 8.00. The summed E-state index contributed by atoms with van der Waals surface area (Å²) in [5.74, 6) is 0. The number of alkyl halides is 1. The molecule has 0 bridgehead atoms. The molecule has 0 saturated carbocycles. The van der Waals surface area contributed by atoms with Gasteiger partial charge in [-0.2, -0.15) is 0 Å². The van der Waals surface area contributed by atoms with Crippen LogP contribution < -0.4 is 0 Å². The van der Waals surface area contributed by atoms with Crippen molar-refractivity contribution in [3.63, 3.8) is 0 Å². The van der Waals surface area contributed by atoms with Crippen LogP contribution in [0.2, 0.25) is 0 Å². The lowest BCUT2D eigenvalue weighted by Gasteiger charge is -2.12. The molecule has 76 valence electrons. The van der Waals surface area contributed by atoms with E-state index >= 15 is 0 Å². The Morgan fingerprint density at radius 1 is 1.50 bits per heavy atom. The minimum atomic E-state index is -0.0673. The second-order valence-electron chi connectivity index (χ2n) is 3.13. The zero-order valence-corrected chi connectivity index (χ0v) is 10.6. The second kappa shape index (κ2) is 4.75. The molecule has 1 fully saturated rings. The minimum Gasteiger partial charge on any atom is -0.371 e. The molecule has 0 spiro atoms. The average Bonchev–Trinajstić information content (AvgIpc) is 2.98. The van der Waals surface area contributed by atoms with Gasteiger partial charge in [-0.05, 0) is 6.07 Å². The van der Waals surface area contributed by atoms with Gasteiger partial charge in [0.15, 0.2) is 0 Å². The molecule has 1 aliphatic heterocycles. The summed E-state index contributed by atoms with van der Waals surface area (Å²) in [4.78, 5) is 0. The Hall–Kier alpha value is 0.1000. The fourth-order valence-electron chi connectivity index (χ4n) is 1.11. The van der Waals surface area contributed by atoms with E-state index < -0.39 is 0 Å². The van der Waals surface area contributed by atoms with E-state index in [-0.39, 0.29) is 5.01 Å². The van der Waals surface area contributed by atoms with Crippen molar-refractivity contribution in [1.82, 2.24) is 0 Å². The van der Waals surface area contributed by atoms with Gasteiger partial charge in [-0.1, -0.05) is 50.1 Å². The van der Waals surface area contributed by atoms with Gasteiger partial charge in [0.2, 0.25) is 0 Å². The van der Waals surface area contributed by atoms with Crippen LogP contribution in [0, 0.1) is 0 Å². The summed E-state index contributed by atoms with van der Waals surface area (Å²) in [6.07, 6.45) is 0.303. The smallest absolute Gasteiger partial charge is 0.138 e. The lowest BCUT2D eigenvalue weighted by Crippen LogP contribution is -2.04. The molecule has 1 aromatic carbocycles. The first-order valence-corrected chi connectivity index (χ1v) is 6.10. The molecule has 0 N–H and O–H groups in total. The highest BCUT2D eigenvalue weighted by atomic mass is 79.9. The third kappa shape index (κ3) is 2.79. The SMILES string of the molecule is Brc1ccccc1C(Br)OCC1CO1. The van der Waals surface area contributed by atoms with Crippen molar-refractivity contribution in [2.75, 3.05) is 13.2 Å². The molecule has 1 saturated heterocycles. The van der Waals surface area contributed by atoms with E-state index in [1.165, 1.54) is 0 Å². The molecule has 0 amide bonds. The van der Waals surface area contributed by atoms with Crippen LogP contribution >= 0.6 is 31.9 Å². The van der Waals surface area contributed by atoms with Crippen molar-refractivity contribution in [1.29, 1.82) is 0 Å². The van der Waals surface area contributed by atoms with Crippen LogP contribution in [0.1, 0.15) is 10.6 Å². The maximum atomic E-state index is 5.59. The van der Waals surface area contributed by atoms with Crippen molar-refractivity contribution in [2.45, 2.75) is 11.1 Å². The van der Waals surface area contributed by atoms with Gasteiger partial charge < -0.3 is 9.47 Å². The van der Waals surface area contributed by atoms with Gasteiger partial charge in [-0.15, -0.1) is 0 Å². The van der Waals surface area contributed by atoms with Gasteiger partial charge in [-0.25, -0.2) is 0 Å².